The van der Waals surface area contributed by atoms with Crippen molar-refractivity contribution < 1.29 is 23.8 Å². The lowest BCUT2D eigenvalue weighted by Gasteiger charge is -2.26. The van der Waals surface area contributed by atoms with Crippen LogP contribution in [0.1, 0.15) is 50.9 Å². The molecule has 1 atom stereocenters. The Kier molecular flexibility index (Phi) is 7.22. The molecule has 6 heteroatoms. The van der Waals surface area contributed by atoms with Crippen molar-refractivity contribution in [1.29, 1.82) is 0 Å². The van der Waals surface area contributed by atoms with Crippen molar-refractivity contribution in [3.8, 4) is 5.75 Å². The number of nitrogens with one attached hydrogen (secondary N) is 1. The molecular weight excluding hydrogens is 310 g/mol. The normalized spacial score (nSPS) is 13.3. The van der Waals surface area contributed by atoms with E-state index in [1.807, 2.05) is 20.8 Å². The maximum atomic E-state index is 12.5. The molecule has 0 aromatic heterocycles. The third-order valence-electron chi connectivity index (χ3n) is 3.66. The van der Waals surface area contributed by atoms with Gasteiger partial charge in [0, 0.05) is 12.8 Å². The molecule has 1 N–H and O–H groups in total. The van der Waals surface area contributed by atoms with Gasteiger partial charge in [0.1, 0.15) is 16.9 Å². The van der Waals surface area contributed by atoms with Crippen LogP contribution in [0, 0.1) is 0 Å². The zero-order valence-corrected chi connectivity index (χ0v) is 15.3. The van der Waals surface area contributed by atoms with Gasteiger partial charge in [-0.15, -0.1) is 0 Å². The smallest absolute Gasteiger partial charge is 0.341 e. The summed E-state index contributed by atoms with van der Waals surface area (Å²) in [6, 6.07) is 4.87. The number of ether oxygens (including phenoxy) is 3. The van der Waals surface area contributed by atoms with Crippen LogP contribution in [0.4, 0.5) is 5.69 Å². The van der Waals surface area contributed by atoms with Gasteiger partial charge in [-0.05, 0) is 45.4 Å². The topological polar surface area (TPSA) is 73.9 Å². The minimum absolute atomic E-state index is 0.0878. The largest absolute Gasteiger partial charge is 0.490 e. The number of carbonyl (C=O) groups excluding carboxylic acids is 2. The average Bonchev–Trinajstić information content (AvgIpc) is 2.55. The van der Waals surface area contributed by atoms with Gasteiger partial charge in [-0.3, -0.25) is 4.79 Å². The van der Waals surface area contributed by atoms with Crippen LogP contribution < -0.4 is 10.1 Å². The highest BCUT2D eigenvalue weighted by Gasteiger charge is 2.32. The second-order valence-electron chi connectivity index (χ2n) is 6.01. The van der Waals surface area contributed by atoms with E-state index in [0.717, 1.165) is 6.42 Å². The molecule has 1 rings (SSSR count). The molecule has 0 radical (unpaired) electrons. The predicted molar refractivity (Wildman–Crippen MR) is 92.5 cm³/mol. The zero-order valence-electron chi connectivity index (χ0n) is 15.3. The number of hydrogen-bond acceptors (Lipinski definition) is 5. The molecule has 0 aliphatic carbocycles. The third kappa shape index (κ3) is 4.96. The Morgan fingerprint density at radius 2 is 1.92 bits per heavy atom. The summed E-state index contributed by atoms with van der Waals surface area (Å²) in [6.07, 6.45) is 1.32. The molecule has 0 aliphatic heterocycles. The van der Waals surface area contributed by atoms with Gasteiger partial charge in [0.05, 0.1) is 13.2 Å². The lowest BCUT2D eigenvalue weighted by atomic mass is 9.99. The SMILES string of the molecule is CCCC(C)(OC)C(=O)Nc1ccc(OC(C)C)c(C(=O)OC)c1. The lowest BCUT2D eigenvalue weighted by Crippen LogP contribution is -2.41. The summed E-state index contributed by atoms with van der Waals surface area (Å²) in [6.45, 7) is 7.46. The highest BCUT2D eigenvalue weighted by Crippen LogP contribution is 2.26. The fraction of sp³-hybridized carbons (Fsp3) is 0.556. The Labute approximate surface area is 143 Å². The Bertz CT molecular complexity index is 585. The molecule has 0 bridgehead atoms. The summed E-state index contributed by atoms with van der Waals surface area (Å²) >= 11 is 0. The third-order valence-corrected chi connectivity index (χ3v) is 3.66. The first-order valence-corrected chi connectivity index (χ1v) is 8.03. The Balaban J connectivity index is 3.09. The van der Waals surface area contributed by atoms with E-state index in [4.69, 9.17) is 14.2 Å². The molecule has 1 unspecified atom stereocenters. The number of anilines is 1. The first kappa shape index (κ1) is 20.0. The van der Waals surface area contributed by atoms with E-state index in [2.05, 4.69) is 5.32 Å². The molecular formula is C18H27NO5. The number of esters is 1. The second-order valence-corrected chi connectivity index (χ2v) is 6.01. The number of hydrogen-bond donors (Lipinski definition) is 1. The Morgan fingerprint density at radius 3 is 2.42 bits per heavy atom. The lowest BCUT2D eigenvalue weighted by molar-refractivity contribution is -0.136. The van der Waals surface area contributed by atoms with Crippen molar-refractivity contribution in [3.63, 3.8) is 0 Å². The van der Waals surface area contributed by atoms with Crippen LogP contribution in [0.15, 0.2) is 18.2 Å². The Hall–Kier alpha value is -2.08. The van der Waals surface area contributed by atoms with Crippen molar-refractivity contribution in [2.24, 2.45) is 0 Å². The van der Waals surface area contributed by atoms with Crippen LogP contribution in [-0.4, -0.2) is 37.8 Å². The van der Waals surface area contributed by atoms with E-state index >= 15 is 0 Å². The van der Waals surface area contributed by atoms with E-state index in [1.54, 1.807) is 25.1 Å². The summed E-state index contributed by atoms with van der Waals surface area (Å²) in [5, 5.41) is 2.79. The van der Waals surface area contributed by atoms with E-state index < -0.39 is 11.6 Å². The fourth-order valence-electron chi connectivity index (χ4n) is 2.28. The number of rotatable bonds is 8. The molecule has 24 heavy (non-hydrogen) atoms. The van der Waals surface area contributed by atoms with Gasteiger partial charge in [0.15, 0.2) is 0 Å². The summed E-state index contributed by atoms with van der Waals surface area (Å²) in [7, 11) is 2.81. The molecule has 0 aliphatic rings. The monoisotopic (exact) mass is 337 g/mol. The minimum atomic E-state index is -0.923. The Morgan fingerprint density at radius 1 is 1.25 bits per heavy atom. The fourth-order valence-corrected chi connectivity index (χ4v) is 2.28. The quantitative estimate of drug-likeness (QED) is 0.736. The van der Waals surface area contributed by atoms with Crippen molar-refractivity contribution in [2.45, 2.75) is 52.2 Å². The van der Waals surface area contributed by atoms with Gasteiger partial charge in [0.25, 0.3) is 5.91 Å². The van der Waals surface area contributed by atoms with E-state index in [0.29, 0.717) is 17.9 Å². The highest BCUT2D eigenvalue weighted by molar-refractivity contribution is 5.99. The van der Waals surface area contributed by atoms with Gasteiger partial charge in [-0.2, -0.15) is 0 Å². The maximum absolute atomic E-state index is 12.5. The van der Waals surface area contributed by atoms with E-state index in [9.17, 15) is 9.59 Å². The van der Waals surface area contributed by atoms with Crippen molar-refractivity contribution >= 4 is 17.6 Å². The molecule has 134 valence electrons. The highest BCUT2D eigenvalue weighted by atomic mass is 16.5. The summed E-state index contributed by atoms with van der Waals surface area (Å²) in [4.78, 5) is 24.5. The first-order chi connectivity index (χ1) is 11.3. The van der Waals surface area contributed by atoms with Crippen LogP contribution in [0.25, 0.3) is 0 Å². The predicted octanol–water partition coefficient (Wildman–Crippen LogP) is 3.40. The number of methoxy groups -OCH3 is 2. The molecule has 1 amide bonds. The maximum Gasteiger partial charge on any atom is 0.341 e. The summed E-state index contributed by atoms with van der Waals surface area (Å²) in [5.41, 5.74) is -0.178. The van der Waals surface area contributed by atoms with Crippen LogP contribution in [0.3, 0.4) is 0 Å². The molecule has 0 spiro atoms. The second kappa shape index (κ2) is 8.68. The van der Waals surface area contributed by atoms with Crippen LogP contribution in [0.5, 0.6) is 5.75 Å². The number of benzene rings is 1. The average molecular weight is 337 g/mol. The standard InChI is InChI=1S/C18H27NO5/c1-7-10-18(4,23-6)17(21)19-13-8-9-15(24-12(2)3)14(11-13)16(20)22-5/h8-9,11-12H,7,10H2,1-6H3,(H,19,21). The number of amides is 1. The molecule has 0 saturated carbocycles. The van der Waals surface area contributed by atoms with Crippen LogP contribution in [0.2, 0.25) is 0 Å². The summed E-state index contributed by atoms with van der Waals surface area (Å²) in [5.74, 6) is -0.372. The molecule has 0 fully saturated rings. The number of carbonyl (C=O) groups is 2. The first-order valence-electron chi connectivity index (χ1n) is 8.03. The van der Waals surface area contributed by atoms with Gasteiger partial charge < -0.3 is 19.5 Å². The van der Waals surface area contributed by atoms with E-state index in [-0.39, 0.29) is 17.6 Å². The van der Waals surface area contributed by atoms with Crippen molar-refractivity contribution in [2.75, 3.05) is 19.5 Å². The molecule has 6 nitrogen and oxygen atoms in total. The van der Waals surface area contributed by atoms with Crippen LogP contribution in [-0.2, 0) is 14.3 Å². The van der Waals surface area contributed by atoms with Gasteiger partial charge in [-0.25, -0.2) is 4.79 Å². The van der Waals surface area contributed by atoms with Gasteiger partial charge >= 0.3 is 5.97 Å². The molecule has 0 heterocycles. The molecule has 1 aromatic carbocycles. The zero-order chi connectivity index (χ0) is 18.3. The van der Waals surface area contributed by atoms with Crippen LogP contribution >= 0.6 is 0 Å². The van der Waals surface area contributed by atoms with Gasteiger partial charge in [0.2, 0.25) is 0 Å². The van der Waals surface area contributed by atoms with Crippen molar-refractivity contribution in [1.82, 2.24) is 0 Å². The van der Waals surface area contributed by atoms with Crippen molar-refractivity contribution in [3.05, 3.63) is 23.8 Å². The molecule has 1 aromatic rings. The minimum Gasteiger partial charge on any atom is -0.490 e. The summed E-state index contributed by atoms with van der Waals surface area (Å²) < 4.78 is 15.8. The molecule has 0 saturated heterocycles. The van der Waals surface area contributed by atoms with Gasteiger partial charge in [-0.1, -0.05) is 13.3 Å². The van der Waals surface area contributed by atoms with E-state index in [1.165, 1.54) is 14.2 Å².